The van der Waals surface area contributed by atoms with Crippen LogP contribution in [0.3, 0.4) is 0 Å². The fourth-order valence-corrected chi connectivity index (χ4v) is 3.00. The van der Waals surface area contributed by atoms with Crippen molar-refractivity contribution in [1.82, 2.24) is 15.6 Å². The van der Waals surface area contributed by atoms with Crippen LogP contribution in [0.5, 0.6) is 0 Å². The highest BCUT2D eigenvalue weighted by Crippen LogP contribution is 2.16. The van der Waals surface area contributed by atoms with E-state index < -0.39 is 0 Å². The molecule has 0 spiro atoms. The number of pyridine rings is 1. The molecule has 2 aromatic rings. The number of halogens is 1. The van der Waals surface area contributed by atoms with Crippen molar-refractivity contribution in [3.05, 3.63) is 45.8 Å². The molecule has 0 aliphatic rings. The van der Waals surface area contributed by atoms with Gasteiger partial charge in [-0.3, -0.25) is 4.79 Å². The van der Waals surface area contributed by atoms with Crippen molar-refractivity contribution in [3.63, 3.8) is 0 Å². The summed E-state index contributed by atoms with van der Waals surface area (Å²) >= 11 is 1.71. The summed E-state index contributed by atoms with van der Waals surface area (Å²) in [6.07, 6.45) is 0.345. The Morgan fingerprint density at radius 3 is 2.69 bits per heavy atom. The summed E-state index contributed by atoms with van der Waals surface area (Å²) in [7, 11) is 0. The third-order valence-electron chi connectivity index (χ3n) is 3.49. The minimum absolute atomic E-state index is 0. The Morgan fingerprint density at radius 1 is 1.23 bits per heavy atom. The van der Waals surface area contributed by atoms with Gasteiger partial charge in [0.2, 0.25) is 5.91 Å². The molecule has 0 aromatic carbocycles. The lowest BCUT2D eigenvalue weighted by atomic mass is 10.3. The number of carbonyl (C=O) groups excluding carboxylic acids is 1. The van der Waals surface area contributed by atoms with Crippen LogP contribution in [0.1, 0.15) is 29.5 Å². The topological polar surface area (TPSA) is 78.4 Å². The third-order valence-corrected chi connectivity index (χ3v) is 4.50. The summed E-state index contributed by atoms with van der Waals surface area (Å²) < 4.78 is 0. The van der Waals surface area contributed by atoms with E-state index in [9.17, 15) is 4.79 Å². The standard InChI is InChI=1S/C18H25N5OS.HI/c1-4-19-18(21-12-15-13(2)9-11-25-15)20-10-8-17(24)23-16-7-5-6-14(3)22-16;/h5-7,9,11H,4,8,10,12H2,1-3H3,(H2,19,20,21)(H,22,23,24);1H. The van der Waals surface area contributed by atoms with Crippen molar-refractivity contribution in [2.24, 2.45) is 4.99 Å². The maximum atomic E-state index is 12.0. The van der Waals surface area contributed by atoms with Crippen molar-refractivity contribution in [2.45, 2.75) is 33.7 Å². The number of guanidine groups is 1. The van der Waals surface area contributed by atoms with Gasteiger partial charge in [0.05, 0.1) is 6.54 Å². The maximum absolute atomic E-state index is 12.0. The predicted molar refractivity (Wildman–Crippen MR) is 120 cm³/mol. The number of rotatable bonds is 7. The van der Waals surface area contributed by atoms with Crippen LogP contribution >= 0.6 is 35.3 Å². The van der Waals surface area contributed by atoms with Crippen LogP contribution in [0.2, 0.25) is 0 Å². The molecule has 0 atom stereocenters. The number of aliphatic imine (C=N–C) groups is 1. The van der Waals surface area contributed by atoms with E-state index in [2.05, 4.69) is 44.3 Å². The quantitative estimate of drug-likeness (QED) is 0.318. The van der Waals surface area contributed by atoms with Gasteiger partial charge in [0, 0.05) is 30.1 Å². The molecule has 0 bridgehead atoms. The van der Waals surface area contributed by atoms with Crippen molar-refractivity contribution < 1.29 is 4.79 Å². The molecule has 0 saturated carbocycles. The lowest BCUT2D eigenvalue weighted by Crippen LogP contribution is -2.38. The summed E-state index contributed by atoms with van der Waals surface area (Å²) in [4.78, 5) is 22.1. The van der Waals surface area contributed by atoms with E-state index in [1.165, 1.54) is 10.4 Å². The zero-order valence-electron chi connectivity index (χ0n) is 15.3. The molecule has 0 aliphatic heterocycles. The van der Waals surface area contributed by atoms with Gasteiger partial charge < -0.3 is 16.0 Å². The van der Waals surface area contributed by atoms with Crippen LogP contribution in [-0.2, 0) is 11.3 Å². The number of nitrogens with zero attached hydrogens (tertiary/aromatic N) is 2. The second-order valence-electron chi connectivity index (χ2n) is 5.61. The van der Waals surface area contributed by atoms with Crippen molar-refractivity contribution >= 4 is 53.0 Å². The zero-order chi connectivity index (χ0) is 18.1. The van der Waals surface area contributed by atoms with Crippen LogP contribution in [0.25, 0.3) is 0 Å². The minimum atomic E-state index is -0.0736. The van der Waals surface area contributed by atoms with Crippen LogP contribution in [-0.4, -0.2) is 29.9 Å². The van der Waals surface area contributed by atoms with E-state index in [4.69, 9.17) is 0 Å². The second kappa shape index (κ2) is 11.8. The van der Waals surface area contributed by atoms with E-state index in [1.54, 1.807) is 17.4 Å². The van der Waals surface area contributed by atoms with Gasteiger partial charge in [0.25, 0.3) is 0 Å². The first-order valence-electron chi connectivity index (χ1n) is 8.37. The molecule has 1 amide bonds. The number of hydrogen-bond donors (Lipinski definition) is 3. The van der Waals surface area contributed by atoms with Gasteiger partial charge >= 0.3 is 0 Å². The highest BCUT2D eigenvalue weighted by molar-refractivity contribution is 14.0. The summed E-state index contributed by atoms with van der Waals surface area (Å²) in [5.41, 5.74) is 2.14. The Hall–Kier alpha value is -1.68. The SMILES string of the molecule is CCNC(=NCc1sccc1C)NCCC(=O)Nc1cccc(C)n1.I. The van der Waals surface area contributed by atoms with E-state index in [0.717, 1.165) is 18.2 Å². The largest absolute Gasteiger partial charge is 0.357 e. The molecule has 0 aliphatic carbocycles. The lowest BCUT2D eigenvalue weighted by Gasteiger charge is -2.11. The normalized spacial score (nSPS) is 10.8. The van der Waals surface area contributed by atoms with Crippen LogP contribution in [0, 0.1) is 13.8 Å². The average Bonchev–Trinajstić information content (AvgIpc) is 2.97. The van der Waals surface area contributed by atoms with Gasteiger partial charge in [-0.25, -0.2) is 9.98 Å². The average molecular weight is 487 g/mol. The smallest absolute Gasteiger partial charge is 0.227 e. The first-order valence-corrected chi connectivity index (χ1v) is 9.25. The summed E-state index contributed by atoms with van der Waals surface area (Å²) in [5.74, 6) is 1.23. The van der Waals surface area contributed by atoms with Crippen LogP contribution in [0.15, 0.2) is 34.6 Å². The molecule has 2 heterocycles. The van der Waals surface area contributed by atoms with Gasteiger partial charge in [0.1, 0.15) is 5.82 Å². The van der Waals surface area contributed by atoms with Gasteiger partial charge in [-0.05, 0) is 49.9 Å². The van der Waals surface area contributed by atoms with Crippen LogP contribution in [0.4, 0.5) is 5.82 Å². The first-order chi connectivity index (χ1) is 12.1. The first kappa shape index (κ1) is 22.4. The molecule has 142 valence electrons. The van der Waals surface area contributed by atoms with Gasteiger partial charge in [-0.2, -0.15) is 0 Å². The van der Waals surface area contributed by atoms with Crippen molar-refractivity contribution in [2.75, 3.05) is 18.4 Å². The molecule has 6 nitrogen and oxygen atoms in total. The number of hydrogen-bond acceptors (Lipinski definition) is 4. The number of aryl methyl sites for hydroxylation is 2. The monoisotopic (exact) mass is 487 g/mol. The third kappa shape index (κ3) is 7.69. The molecule has 0 unspecified atom stereocenters. The fraction of sp³-hybridized carbons (Fsp3) is 0.389. The van der Waals surface area contributed by atoms with Crippen molar-refractivity contribution in [1.29, 1.82) is 0 Å². The molecule has 26 heavy (non-hydrogen) atoms. The number of aromatic nitrogens is 1. The lowest BCUT2D eigenvalue weighted by molar-refractivity contribution is -0.116. The maximum Gasteiger partial charge on any atom is 0.227 e. The van der Waals surface area contributed by atoms with E-state index >= 15 is 0 Å². The molecule has 8 heteroatoms. The molecule has 0 fully saturated rings. The summed E-state index contributed by atoms with van der Waals surface area (Å²) in [6, 6.07) is 7.65. The molecular weight excluding hydrogens is 461 g/mol. The van der Waals surface area contributed by atoms with Gasteiger partial charge in [-0.1, -0.05) is 6.07 Å². The number of thiophene rings is 1. The molecule has 2 aromatic heterocycles. The highest BCUT2D eigenvalue weighted by atomic mass is 127. The number of amides is 1. The molecule has 0 radical (unpaired) electrons. The molecule has 3 N–H and O–H groups in total. The van der Waals surface area contributed by atoms with Crippen LogP contribution < -0.4 is 16.0 Å². The zero-order valence-corrected chi connectivity index (χ0v) is 18.5. The Kier molecular flexibility index (Phi) is 10.2. The van der Waals surface area contributed by atoms with E-state index in [0.29, 0.717) is 25.3 Å². The number of anilines is 1. The Bertz CT molecular complexity index is 732. The number of nitrogens with one attached hydrogen (secondary N) is 3. The van der Waals surface area contributed by atoms with E-state index in [1.807, 2.05) is 26.0 Å². The van der Waals surface area contributed by atoms with Gasteiger partial charge in [0.15, 0.2) is 5.96 Å². The molecular formula is C18H26IN5OS. The summed E-state index contributed by atoms with van der Waals surface area (Å²) in [5, 5.41) is 11.3. The summed E-state index contributed by atoms with van der Waals surface area (Å²) in [6.45, 7) is 7.92. The minimum Gasteiger partial charge on any atom is -0.357 e. The molecule has 2 rings (SSSR count). The highest BCUT2D eigenvalue weighted by Gasteiger charge is 2.05. The number of carbonyl (C=O) groups is 1. The Balaban J connectivity index is 0.00000338. The fourth-order valence-electron chi connectivity index (χ4n) is 2.17. The van der Waals surface area contributed by atoms with Crippen molar-refractivity contribution in [3.8, 4) is 0 Å². The second-order valence-corrected chi connectivity index (χ2v) is 6.61. The van der Waals surface area contributed by atoms with Gasteiger partial charge in [-0.15, -0.1) is 35.3 Å². The Morgan fingerprint density at radius 2 is 2.04 bits per heavy atom. The molecule has 0 saturated heterocycles. The predicted octanol–water partition coefficient (Wildman–Crippen LogP) is 3.46. The Labute approximate surface area is 175 Å². The van der Waals surface area contributed by atoms with E-state index in [-0.39, 0.29) is 29.9 Å².